The number of thioether (sulfide) groups is 2. The Morgan fingerprint density at radius 2 is 1.15 bits per heavy atom. The summed E-state index contributed by atoms with van der Waals surface area (Å²) in [6.07, 6.45) is 1.06. The van der Waals surface area contributed by atoms with Gasteiger partial charge in [-0.2, -0.15) is 0 Å². The first-order valence-electron chi connectivity index (χ1n) is 8.50. The van der Waals surface area contributed by atoms with E-state index in [2.05, 4.69) is 10.6 Å². The molecule has 6 nitrogen and oxygen atoms in total. The molecule has 0 unspecified atom stereocenters. The van der Waals surface area contributed by atoms with Gasteiger partial charge in [-0.1, -0.05) is 24.3 Å². The molecule has 0 aliphatic rings. The summed E-state index contributed by atoms with van der Waals surface area (Å²) in [6.45, 7) is 0. The van der Waals surface area contributed by atoms with Crippen molar-refractivity contribution in [3.8, 4) is 0 Å². The van der Waals surface area contributed by atoms with Gasteiger partial charge in [0.2, 0.25) is 0 Å². The largest absolute Gasteiger partial charge is 0.375 e. The van der Waals surface area contributed by atoms with Crippen LogP contribution in [0.1, 0.15) is 27.1 Å². The zero-order chi connectivity index (χ0) is 19.5. The number of nitrogens with one attached hydrogen (secondary N) is 2. The van der Waals surface area contributed by atoms with Crippen LogP contribution in [0.4, 0.5) is 11.4 Å². The molecule has 0 aliphatic carbocycles. The molecule has 2 amide bonds. The zero-order valence-electron chi connectivity index (χ0n) is 14.9. The number of amides is 2. The summed E-state index contributed by atoms with van der Waals surface area (Å²) in [5.74, 6) is 2.61. The number of nitrogens with two attached hydrogens (primary N) is 2. The molecule has 8 heteroatoms. The third-order valence-electron chi connectivity index (χ3n) is 3.69. The molecule has 0 bridgehead atoms. The van der Waals surface area contributed by atoms with Gasteiger partial charge in [-0.05, 0) is 42.2 Å². The van der Waals surface area contributed by atoms with Gasteiger partial charge < -0.3 is 22.1 Å². The van der Waals surface area contributed by atoms with Gasteiger partial charge in [0.05, 0.1) is 22.9 Å². The number of benzene rings is 2. The third-order valence-corrected chi connectivity index (χ3v) is 5.54. The van der Waals surface area contributed by atoms with E-state index in [4.69, 9.17) is 11.5 Å². The van der Waals surface area contributed by atoms with Gasteiger partial charge >= 0.3 is 0 Å². The lowest BCUT2D eigenvalue weighted by Crippen LogP contribution is -2.14. The molecular formula is C19H24N4O2S2. The van der Waals surface area contributed by atoms with Crippen molar-refractivity contribution in [1.29, 1.82) is 0 Å². The van der Waals surface area contributed by atoms with Crippen LogP contribution in [0.25, 0.3) is 0 Å². The molecule has 6 N–H and O–H groups in total. The molecule has 0 aromatic heterocycles. The highest BCUT2D eigenvalue weighted by Gasteiger charge is 2.07. The van der Waals surface area contributed by atoms with Crippen LogP contribution in [0.2, 0.25) is 0 Å². The first-order chi connectivity index (χ1) is 13.1. The minimum atomic E-state index is -0.426. The van der Waals surface area contributed by atoms with Crippen LogP contribution in [0.15, 0.2) is 48.5 Å². The topological polar surface area (TPSA) is 110 Å². The van der Waals surface area contributed by atoms with E-state index in [9.17, 15) is 9.59 Å². The molecule has 2 rings (SSSR count). The Hall–Kier alpha value is -2.32. The van der Waals surface area contributed by atoms with Crippen LogP contribution in [0, 0.1) is 0 Å². The fraction of sp³-hybridized carbons (Fsp3) is 0.263. The van der Waals surface area contributed by atoms with E-state index >= 15 is 0 Å². The fourth-order valence-electron chi connectivity index (χ4n) is 2.37. The molecule has 2 aromatic carbocycles. The second-order valence-corrected chi connectivity index (χ2v) is 7.84. The van der Waals surface area contributed by atoms with E-state index in [-0.39, 0.29) is 0 Å². The van der Waals surface area contributed by atoms with Crippen molar-refractivity contribution in [2.75, 3.05) is 33.9 Å². The Kier molecular flexibility index (Phi) is 8.86. The van der Waals surface area contributed by atoms with Crippen LogP contribution in [0.5, 0.6) is 0 Å². The molecule has 0 atom stereocenters. The Bertz CT molecular complexity index is 707. The lowest BCUT2D eigenvalue weighted by molar-refractivity contribution is 0.0992. The van der Waals surface area contributed by atoms with Crippen molar-refractivity contribution in [3.05, 3.63) is 59.7 Å². The second-order valence-electron chi connectivity index (χ2n) is 5.63. The summed E-state index contributed by atoms with van der Waals surface area (Å²) < 4.78 is 0. The van der Waals surface area contributed by atoms with Crippen molar-refractivity contribution in [2.45, 2.75) is 6.42 Å². The molecular weight excluding hydrogens is 380 g/mol. The van der Waals surface area contributed by atoms with Crippen molar-refractivity contribution >= 4 is 46.7 Å². The fourth-order valence-corrected chi connectivity index (χ4v) is 4.05. The number of rotatable bonds is 12. The highest BCUT2D eigenvalue weighted by Crippen LogP contribution is 2.17. The lowest BCUT2D eigenvalue weighted by Gasteiger charge is -2.10. The van der Waals surface area contributed by atoms with Crippen LogP contribution in [0.3, 0.4) is 0 Å². The lowest BCUT2D eigenvalue weighted by atomic mass is 10.2. The molecule has 0 radical (unpaired) electrons. The van der Waals surface area contributed by atoms with Crippen LogP contribution < -0.4 is 22.1 Å². The molecule has 0 fully saturated rings. The number of anilines is 2. The van der Waals surface area contributed by atoms with Gasteiger partial charge in [0.1, 0.15) is 0 Å². The van der Waals surface area contributed by atoms with Gasteiger partial charge in [0.25, 0.3) is 11.8 Å². The highest BCUT2D eigenvalue weighted by atomic mass is 32.2. The van der Waals surface area contributed by atoms with Gasteiger partial charge in [0, 0.05) is 11.4 Å². The molecule has 0 saturated heterocycles. The molecule has 144 valence electrons. The zero-order valence-corrected chi connectivity index (χ0v) is 16.6. The van der Waals surface area contributed by atoms with Crippen LogP contribution >= 0.6 is 23.5 Å². The maximum Gasteiger partial charge on any atom is 0.250 e. The second kappa shape index (κ2) is 11.4. The van der Waals surface area contributed by atoms with Gasteiger partial charge in [0.15, 0.2) is 0 Å². The molecule has 2 aromatic rings. The Morgan fingerprint density at radius 3 is 1.56 bits per heavy atom. The normalized spacial score (nSPS) is 10.4. The van der Waals surface area contributed by atoms with Gasteiger partial charge in [-0.3, -0.25) is 9.59 Å². The standard InChI is InChI=1S/C19H24N4O2S2/c20-18(24)14-6-1-3-8-16(14)22-12-26-10-5-11-27-13-23-17-9-4-2-7-15(17)19(21)25/h1-4,6-9,22-23H,5,10-13H2,(H2,20,24)(H2,21,25). The smallest absolute Gasteiger partial charge is 0.250 e. The average Bonchev–Trinajstić information content (AvgIpc) is 2.67. The quantitative estimate of drug-likeness (QED) is 0.319. The average molecular weight is 405 g/mol. The van der Waals surface area contributed by atoms with Crippen LogP contribution in [-0.4, -0.2) is 35.1 Å². The SMILES string of the molecule is NC(=O)c1ccccc1NCSCCCSCNc1ccccc1C(N)=O. The minimum Gasteiger partial charge on any atom is -0.375 e. The highest BCUT2D eigenvalue weighted by molar-refractivity contribution is 8.00. The number of para-hydroxylation sites is 2. The first-order valence-corrected chi connectivity index (χ1v) is 10.8. The van der Waals surface area contributed by atoms with E-state index in [0.29, 0.717) is 11.1 Å². The van der Waals surface area contributed by atoms with Crippen molar-refractivity contribution in [3.63, 3.8) is 0 Å². The summed E-state index contributed by atoms with van der Waals surface area (Å²) in [5, 5.41) is 6.47. The summed E-state index contributed by atoms with van der Waals surface area (Å²) in [7, 11) is 0. The number of hydrogen-bond donors (Lipinski definition) is 4. The Balaban J connectivity index is 1.57. The van der Waals surface area contributed by atoms with Gasteiger partial charge in [-0.25, -0.2) is 0 Å². The van der Waals surface area contributed by atoms with E-state index in [0.717, 1.165) is 41.1 Å². The molecule has 27 heavy (non-hydrogen) atoms. The molecule has 0 spiro atoms. The molecule has 0 heterocycles. The van der Waals surface area contributed by atoms with E-state index in [1.54, 1.807) is 47.8 Å². The number of carbonyl (C=O) groups is 2. The summed E-state index contributed by atoms with van der Waals surface area (Å²) in [4.78, 5) is 22.7. The predicted molar refractivity (Wildman–Crippen MR) is 116 cm³/mol. The monoisotopic (exact) mass is 404 g/mol. The summed E-state index contributed by atoms with van der Waals surface area (Å²) in [6, 6.07) is 14.5. The number of primary amides is 2. The predicted octanol–water partition coefficient (Wildman–Crippen LogP) is 3.18. The molecule has 0 saturated carbocycles. The van der Waals surface area contributed by atoms with E-state index in [1.807, 2.05) is 24.3 Å². The molecule has 0 aliphatic heterocycles. The van der Waals surface area contributed by atoms with Crippen molar-refractivity contribution in [1.82, 2.24) is 0 Å². The van der Waals surface area contributed by atoms with Gasteiger partial charge in [-0.15, -0.1) is 23.5 Å². The van der Waals surface area contributed by atoms with Crippen molar-refractivity contribution in [2.24, 2.45) is 11.5 Å². The first kappa shape index (κ1) is 21.0. The third kappa shape index (κ3) is 7.07. The maximum absolute atomic E-state index is 11.4. The minimum absolute atomic E-state index is 0.426. The number of hydrogen-bond acceptors (Lipinski definition) is 6. The van der Waals surface area contributed by atoms with Crippen molar-refractivity contribution < 1.29 is 9.59 Å². The summed E-state index contributed by atoms with van der Waals surface area (Å²) in [5.41, 5.74) is 13.3. The van der Waals surface area contributed by atoms with Crippen LogP contribution in [-0.2, 0) is 0 Å². The Morgan fingerprint density at radius 1 is 0.741 bits per heavy atom. The Labute approximate surface area is 167 Å². The maximum atomic E-state index is 11.4. The van der Waals surface area contributed by atoms with E-state index < -0.39 is 11.8 Å². The van der Waals surface area contributed by atoms with E-state index in [1.165, 1.54) is 0 Å². The number of carbonyl (C=O) groups excluding carboxylic acids is 2. The summed E-state index contributed by atoms with van der Waals surface area (Å²) >= 11 is 3.54.